The van der Waals surface area contributed by atoms with E-state index < -0.39 is 24.1 Å². The van der Waals surface area contributed by atoms with E-state index in [1.54, 1.807) is 0 Å². The molecular weight excluding hydrogens is 326 g/mol. The molecule has 140 valence electrons. The lowest BCUT2D eigenvalue weighted by atomic mass is 9.97. The molecule has 0 spiro atoms. The van der Waals surface area contributed by atoms with Gasteiger partial charge in [0, 0.05) is 13.0 Å². The van der Waals surface area contributed by atoms with Gasteiger partial charge in [-0.2, -0.15) is 0 Å². The zero-order chi connectivity index (χ0) is 18.6. The molecule has 0 aromatic heterocycles. The summed E-state index contributed by atoms with van der Waals surface area (Å²) in [6.45, 7) is 4.27. The second-order valence-electron chi connectivity index (χ2n) is 7.23. The van der Waals surface area contributed by atoms with Crippen molar-refractivity contribution in [3.63, 3.8) is 0 Å². The molecular formula is C17H27N3O5. The summed E-state index contributed by atoms with van der Waals surface area (Å²) in [5, 5.41) is 14.7. The number of rotatable bonds is 6. The van der Waals surface area contributed by atoms with E-state index in [4.69, 9.17) is 0 Å². The highest BCUT2D eigenvalue weighted by Crippen LogP contribution is 2.20. The van der Waals surface area contributed by atoms with Crippen LogP contribution in [-0.4, -0.2) is 58.4 Å². The van der Waals surface area contributed by atoms with Gasteiger partial charge in [-0.15, -0.1) is 0 Å². The fourth-order valence-electron chi connectivity index (χ4n) is 3.43. The van der Waals surface area contributed by atoms with Crippen molar-refractivity contribution in [2.75, 3.05) is 6.54 Å². The van der Waals surface area contributed by atoms with Crippen LogP contribution in [-0.2, 0) is 19.2 Å². The molecule has 0 unspecified atom stereocenters. The maximum atomic E-state index is 12.9. The van der Waals surface area contributed by atoms with E-state index in [2.05, 4.69) is 10.6 Å². The Morgan fingerprint density at radius 2 is 2.00 bits per heavy atom. The SMILES string of the molecule is CC(C)C[C@H](NC(=O)[C@@H]1CCC(=O)N1)C(=O)N1CCCC[C@H]1C(=O)O. The molecule has 2 fully saturated rings. The van der Waals surface area contributed by atoms with Crippen LogP contribution in [0.2, 0.25) is 0 Å². The van der Waals surface area contributed by atoms with Crippen LogP contribution in [0.25, 0.3) is 0 Å². The van der Waals surface area contributed by atoms with Gasteiger partial charge in [0.15, 0.2) is 0 Å². The van der Waals surface area contributed by atoms with E-state index in [-0.39, 0.29) is 23.6 Å². The first-order valence-electron chi connectivity index (χ1n) is 8.92. The summed E-state index contributed by atoms with van der Waals surface area (Å²) in [4.78, 5) is 49.4. The maximum Gasteiger partial charge on any atom is 0.326 e. The summed E-state index contributed by atoms with van der Waals surface area (Å²) in [7, 11) is 0. The molecule has 2 aliphatic rings. The van der Waals surface area contributed by atoms with Gasteiger partial charge in [0.25, 0.3) is 0 Å². The molecule has 2 aliphatic heterocycles. The highest BCUT2D eigenvalue weighted by Gasteiger charge is 2.37. The highest BCUT2D eigenvalue weighted by molar-refractivity contribution is 5.94. The average Bonchev–Trinajstić information content (AvgIpc) is 2.99. The van der Waals surface area contributed by atoms with Crippen LogP contribution >= 0.6 is 0 Å². The number of nitrogens with one attached hydrogen (secondary N) is 2. The maximum absolute atomic E-state index is 12.9. The van der Waals surface area contributed by atoms with Gasteiger partial charge in [0.05, 0.1) is 0 Å². The Morgan fingerprint density at radius 1 is 1.28 bits per heavy atom. The molecule has 25 heavy (non-hydrogen) atoms. The fourth-order valence-corrected chi connectivity index (χ4v) is 3.43. The van der Waals surface area contributed by atoms with Crippen LogP contribution in [0.4, 0.5) is 0 Å². The molecule has 0 saturated carbocycles. The molecule has 0 bridgehead atoms. The van der Waals surface area contributed by atoms with Crippen molar-refractivity contribution in [3.8, 4) is 0 Å². The van der Waals surface area contributed by atoms with E-state index >= 15 is 0 Å². The Hall–Kier alpha value is -2.12. The Balaban J connectivity index is 2.09. The van der Waals surface area contributed by atoms with Crippen LogP contribution in [0, 0.1) is 5.92 Å². The summed E-state index contributed by atoms with van der Waals surface area (Å²) >= 11 is 0. The van der Waals surface area contributed by atoms with Crippen LogP contribution in [0.1, 0.15) is 52.4 Å². The van der Waals surface area contributed by atoms with Gasteiger partial charge in [-0.1, -0.05) is 13.8 Å². The smallest absolute Gasteiger partial charge is 0.326 e. The van der Waals surface area contributed by atoms with Crippen molar-refractivity contribution in [2.45, 2.75) is 70.5 Å². The number of carboxylic acids is 1. The molecule has 8 nitrogen and oxygen atoms in total. The Morgan fingerprint density at radius 3 is 2.56 bits per heavy atom. The van der Waals surface area contributed by atoms with Gasteiger partial charge in [-0.3, -0.25) is 14.4 Å². The summed E-state index contributed by atoms with van der Waals surface area (Å²) in [6, 6.07) is -2.23. The van der Waals surface area contributed by atoms with Crippen molar-refractivity contribution in [1.82, 2.24) is 15.5 Å². The predicted octanol–water partition coefficient (Wildman–Crippen LogP) is 0.262. The molecule has 0 aromatic rings. The number of aliphatic carboxylic acids is 1. The number of likely N-dealkylation sites (tertiary alicyclic amines) is 1. The van der Waals surface area contributed by atoms with Crippen LogP contribution in [0.15, 0.2) is 0 Å². The zero-order valence-electron chi connectivity index (χ0n) is 14.8. The first kappa shape index (κ1) is 19.2. The summed E-state index contributed by atoms with van der Waals surface area (Å²) in [5.74, 6) is -1.76. The normalized spacial score (nSPS) is 24.8. The van der Waals surface area contributed by atoms with Crippen molar-refractivity contribution in [3.05, 3.63) is 0 Å². The number of carbonyl (C=O) groups is 4. The minimum absolute atomic E-state index is 0.153. The molecule has 0 aromatic carbocycles. The number of carbonyl (C=O) groups excluding carboxylic acids is 3. The minimum Gasteiger partial charge on any atom is -0.480 e. The van der Waals surface area contributed by atoms with Crippen LogP contribution in [0.3, 0.4) is 0 Å². The lowest BCUT2D eigenvalue weighted by Crippen LogP contribution is -2.57. The number of nitrogens with zero attached hydrogens (tertiary/aromatic N) is 1. The summed E-state index contributed by atoms with van der Waals surface area (Å²) < 4.78 is 0. The number of piperidine rings is 1. The van der Waals surface area contributed by atoms with Crippen molar-refractivity contribution in [1.29, 1.82) is 0 Å². The molecule has 3 amide bonds. The summed E-state index contributed by atoms with van der Waals surface area (Å²) in [5.41, 5.74) is 0. The largest absolute Gasteiger partial charge is 0.480 e. The van der Waals surface area contributed by atoms with E-state index in [0.29, 0.717) is 32.2 Å². The standard InChI is InChI=1S/C17H27N3O5/c1-10(2)9-12(19-15(22)11-6-7-14(21)18-11)16(23)20-8-4-3-5-13(20)17(24)25/h10-13H,3-9H2,1-2H3,(H,18,21)(H,19,22)(H,24,25)/t11-,12-,13-/m0/s1. The number of carboxylic acid groups (broad SMARTS) is 1. The third-order valence-corrected chi connectivity index (χ3v) is 4.70. The number of hydrogen-bond donors (Lipinski definition) is 3. The lowest BCUT2D eigenvalue weighted by Gasteiger charge is -2.36. The topological polar surface area (TPSA) is 116 Å². The van der Waals surface area contributed by atoms with E-state index in [1.165, 1.54) is 4.90 Å². The Labute approximate surface area is 147 Å². The van der Waals surface area contributed by atoms with Crippen molar-refractivity contribution < 1.29 is 24.3 Å². The van der Waals surface area contributed by atoms with Gasteiger partial charge in [0.1, 0.15) is 18.1 Å². The molecule has 2 saturated heterocycles. The predicted molar refractivity (Wildman–Crippen MR) is 89.5 cm³/mol. The molecule has 2 heterocycles. The lowest BCUT2D eigenvalue weighted by molar-refractivity contribution is -0.153. The van der Waals surface area contributed by atoms with Crippen molar-refractivity contribution >= 4 is 23.7 Å². The molecule has 8 heteroatoms. The fraction of sp³-hybridized carbons (Fsp3) is 0.765. The van der Waals surface area contributed by atoms with Gasteiger partial charge in [-0.25, -0.2) is 4.79 Å². The van der Waals surface area contributed by atoms with Crippen LogP contribution in [0.5, 0.6) is 0 Å². The molecule has 3 N–H and O–H groups in total. The van der Waals surface area contributed by atoms with Gasteiger partial charge in [0.2, 0.25) is 17.7 Å². The monoisotopic (exact) mass is 353 g/mol. The van der Waals surface area contributed by atoms with Gasteiger partial charge < -0.3 is 20.6 Å². The van der Waals surface area contributed by atoms with E-state index in [1.807, 2.05) is 13.8 Å². The minimum atomic E-state index is -1.01. The van der Waals surface area contributed by atoms with Gasteiger partial charge >= 0.3 is 5.97 Å². The summed E-state index contributed by atoms with van der Waals surface area (Å²) in [6.07, 6.45) is 3.10. The van der Waals surface area contributed by atoms with E-state index in [0.717, 1.165) is 12.8 Å². The number of hydrogen-bond acceptors (Lipinski definition) is 4. The third kappa shape index (κ3) is 4.93. The van der Waals surface area contributed by atoms with Crippen molar-refractivity contribution in [2.24, 2.45) is 5.92 Å². The second-order valence-corrected chi connectivity index (χ2v) is 7.23. The zero-order valence-corrected chi connectivity index (χ0v) is 14.8. The first-order chi connectivity index (χ1) is 11.8. The third-order valence-electron chi connectivity index (χ3n) is 4.70. The Bertz CT molecular complexity index is 548. The number of amides is 3. The van der Waals surface area contributed by atoms with E-state index in [9.17, 15) is 24.3 Å². The molecule has 0 aliphatic carbocycles. The molecule has 2 rings (SSSR count). The Kier molecular flexibility index (Phi) is 6.39. The highest BCUT2D eigenvalue weighted by atomic mass is 16.4. The van der Waals surface area contributed by atoms with Crippen LogP contribution < -0.4 is 10.6 Å². The quantitative estimate of drug-likeness (QED) is 0.633. The average molecular weight is 353 g/mol. The molecule has 0 radical (unpaired) electrons. The first-order valence-corrected chi connectivity index (χ1v) is 8.92. The van der Waals surface area contributed by atoms with Gasteiger partial charge in [-0.05, 0) is 38.0 Å². The second kappa shape index (κ2) is 8.31. The molecule has 3 atom stereocenters.